The van der Waals surface area contributed by atoms with Crippen LogP contribution in [0.1, 0.15) is 232 Å². The van der Waals surface area contributed by atoms with Gasteiger partial charge in [-0.05, 0) is 83.5 Å². The molecule has 380 valence electrons. The second kappa shape index (κ2) is 48.6. The molecule has 0 heterocycles. The Morgan fingerprint density at radius 1 is 0.477 bits per heavy atom. The van der Waals surface area contributed by atoms with Crippen molar-refractivity contribution in [1.82, 2.24) is 0 Å². The standard InChI is InChI=1S/C56H104NO7P/c1-6-8-10-12-14-16-18-20-22-24-26-28-29-30-31-33-35-37-39-41-43-45-47-49-56(58)64-55(54-63-65(59,60)62-52-50-57(3,4)5)53-61-51-48-46-44-42-40-38-36-34-32-27-25-23-21-19-17-15-13-11-9-7-2/h15,17-18,20-21,23-24,26-27,32,55H,6-14,16,19,22,25,28-31,33-54H2,1-5H3/p+1/b17-15-,20-18-,23-21-,26-24-,32-27-. The van der Waals surface area contributed by atoms with Crippen molar-refractivity contribution in [3.05, 3.63) is 60.8 Å². The Morgan fingerprint density at radius 3 is 1.29 bits per heavy atom. The van der Waals surface area contributed by atoms with Crippen LogP contribution < -0.4 is 0 Å². The van der Waals surface area contributed by atoms with Crippen molar-refractivity contribution in [3.8, 4) is 0 Å². The Hall–Kier alpha value is -1.80. The molecule has 0 amide bonds. The molecule has 0 radical (unpaired) electrons. The fourth-order valence-electron chi connectivity index (χ4n) is 7.36. The smallest absolute Gasteiger partial charge is 0.457 e. The van der Waals surface area contributed by atoms with Gasteiger partial charge in [0, 0.05) is 13.0 Å². The topological polar surface area (TPSA) is 91.3 Å². The highest BCUT2D eigenvalue weighted by molar-refractivity contribution is 7.47. The van der Waals surface area contributed by atoms with Crippen molar-refractivity contribution in [2.24, 2.45) is 0 Å². The summed E-state index contributed by atoms with van der Waals surface area (Å²) in [6.45, 7) is 5.58. The minimum Gasteiger partial charge on any atom is -0.457 e. The van der Waals surface area contributed by atoms with E-state index in [-0.39, 0.29) is 25.8 Å². The summed E-state index contributed by atoms with van der Waals surface area (Å²) >= 11 is 0. The Kier molecular flexibility index (Phi) is 47.3. The second-order valence-corrected chi connectivity index (χ2v) is 20.7. The molecule has 0 spiro atoms. The summed E-state index contributed by atoms with van der Waals surface area (Å²) in [6.07, 6.45) is 62.7. The molecule has 0 aromatic rings. The van der Waals surface area contributed by atoms with Gasteiger partial charge in [-0.2, -0.15) is 0 Å². The van der Waals surface area contributed by atoms with Gasteiger partial charge >= 0.3 is 13.8 Å². The largest absolute Gasteiger partial charge is 0.472 e. The van der Waals surface area contributed by atoms with Gasteiger partial charge in [0.05, 0.1) is 34.4 Å². The molecule has 9 heteroatoms. The van der Waals surface area contributed by atoms with E-state index >= 15 is 0 Å². The van der Waals surface area contributed by atoms with Crippen LogP contribution in [0.5, 0.6) is 0 Å². The average molecular weight is 935 g/mol. The molecule has 1 N–H and O–H groups in total. The van der Waals surface area contributed by atoms with Gasteiger partial charge in [0.2, 0.25) is 0 Å². The van der Waals surface area contributed by atoms with Crippen LogP contribution in [0.15, 0.2) is 60.8 Å². The molecule has 0 aromatic heterocycles. The molecule has 0 aliphatic rings. The van der Waals surface area contributed by atoms with Gasteiger partial charge in [0.15, 0.2) is 0 Å². The summed E-state index contributed by atoms with van der Waals surface area (Å²) in [5.41, 5.74) is 0. The van der Waals surface area contributed by atoms with Gasteiger partial charge in [-0.3, -0.25) is 13.8 Å². The van der Waals surface area contributed by atoms with Gasteiger partial charge in [-0.1, -0.05) is 203 Å². The lowest BCUT2D eigenvalue weighted by atomic mass is 10.0. The number of unbranched alkanes of at least 4 members (excludes halogenated alkanes) is 26. The van der Waals surface area contributed by atoms with E-state index in [9.17, 15) is 14.3 Å². The molecular formula is C56H105NO7P+. The number of hydrogen-bond acceptors (Lipinski definition) is 6. The predicted octanol–water partition coefficient (Wildman–Crippen LogP) is 16.8. The van der Waals surface area contributed by atoms with Gasteiger partial charge in [-0.15, -0.1) is 0 Å². The van der Waals surface area contributed by atoms with E-state index in [0.717, 1.165) is 57.8 Å². The first-order chi connectivity index (χ1) is 31.6. The lowest BCUT2D eigenvalue weighted by Crippen LogP contribution is -2.37. The lowest BCUT2D eigenvalue weighted by Gasteiger charge is -2.24. The average Bonchev–Trinajstić information content (AvgIpc) is 3.27. The summed E-state index contributed by atoms with van der Waals surface area (Å²) in [6, 6.07) is 0. The van der Waals surface area contributed by atoms with E-state index in [1.165, 1.54) is 154 Å². The number of likely N-dealkylation sites (N-methyl/N-ethyl adjacent to an activating group) is 1. The number of allylic oxidation sites excluding steroid dienone is 10. The first kappa shape index (κ1) is 63.2. The van der Waals surface area contributed by atoms with E-state index in [0.29, 0.717) is 24.1 Å². The number of carbonyl (C=O) groups is 1. The number of nitrogens with zero attached hydrogens (tertiary/aromatic N) is 1. The summed E-state index contributed by atoms with van der Waals surface area (Å²) in [7, 11) is 1.66. The van der Waals surface area contributed by atoms with Crippen LogP contribution in [0, 0.1) is 0 Å². The van der Waals surface area contributed by atoms with Gasteiger partial charge < -0.3 is 18.9 Å². The molecule has 65 heavy (non-hydrogen) atoms. The van der Waals surface area contributed by atoms with Gasteiger partial charge in [0.25, 0.3) is 0 Å². The van der Waals surface area contributed by atoms with Crippen molar-refractivity contribution >= 4 is 13.8 Å². The maximum absolute atomic E-state index is 12.8. The van der Waals surface area contributed by atoms with Crippen LogP contribution >= 0.6 is 7.82 Å². The fraction of sp³-hybridized carbons (Fsp3) is 0.804. The number of esters is 1. The zero-order valence-corrected chi connectivity index (χ0v) is 44.1. The first-order valence-corrected chi connectivity index (χ1v) is 28.5. The SMILES string of the molecule is CCCCC/C=C\C/C=C\C/C=C\CCCCCCCCCOCC(COP(=O)(O)OCC[N+](C)(C)C)OC(=O)CCCCCCCCCCCCC/C=C\C/C=C\CCCCCCC. The number of hydrogen-bond donors (Lipinski definition) is 1. The highest BCUT2D eigenvalue weighted by Crippen LogP contribution is 2.43. The second-order valence-electron chi connectivity index (χ2n) is 19.3. The maximum atomic E-state index is 12.8. The third kappa shape index (κ3) is 53.0. The van der Waals surface area contributed by atoms with Crippen LogP contribution in [-0.2, 0) is 27.9 Å². The molecular weight excluding hydrogens is 830 g/mol. The Labute approximate surface area is 402 Å². The van der Waals surface area contributed by atoms with Crippen molar-refractivity contribution < 1.29 is 37.3 Å². The molecule has 0 bridgehead atoms. The Bertz CT molecular complexity index is 1220. The molecule has 0 saturated carbocycles. The van der Waals surface area contributed by atoms with Crippen LogP contribution in [0.4, 0.5) is 0 Å². The zero-order chi connectivity index (χ0) is 47.6. The van der Waals surface area contributed by atoms with Gasteiger partial charge in [-0.25, -0.2) is 4.57 Å². The van der Waals surface area contributed by atoms with E-state index in [1.54, 1.807) is 0 Å². The number of ether oxygens (including phenoxy) is 2. The van der Waals surface area contributed by atoms with E-state index in [1.807, 2.05) is 21.1 Å². The molecule has 0 aliphatic carbocycles. The minimum absolute atomic E-state index is 0.0842. The minimum atomic E-state index is -4.29. The van der Waals surface area contributed by atoms with Crippen molar-refractivity contribution in [3.63, 3.8) is 0 Å². The fourth-order valence-corrected chi connectivity index (χ4v) is 8.10. The Balaban J connectivity index is 4.14. The first-order valence-electron chi connectivity index (χ1n) is 27.0. The predicted molar refractivity (Wildman–Crippen MR) is 279 cm³/mol. The quantitative estimate of drug-likeness (QED) is 0.0214. The molecule has 0 saturated heterocycles. The van der Waals surface area contributed by atoms with Crippen molar-refractivity contribution in [1.29, 1.82) is 0 Å². The highest BCUT2D eigenvalue weighted by atomic mass is 31.2. The van der Waals surface area contributed by atoms with E-state index < -0.39 is 13.9 Å². The molecule has 2 atom stereocenters. The molecule has 0 fully saturated rings. The number of quaternary nitrogens is 1. The zero-order valence-electron chi connectivity index (χ0n) is 43.2. The summed E-state index contributed by atoms with van der Waals surface area (Å²) in [5.74, 6) is -0.319. The summed E-state index contributed by atoms with van der Waals surface area (Å²) in [4.78, 5) is 23.0. The number of phosphoric ester groups is 1. The van der Waals surface area contributed by atoms with Crippen molar-refractivity contribution in [2.45, 2.75) is 238 Å². The Morgan fingerprint density at radius 2 is 0.846 bits per heavy atom. The van der Waals surface area contributed by atoms with E-state index in [4.69, 9.17) is 18.5 Å². The molecule has 0 rings (SSSR count). The monoisotopic (exact) mass is 935 g/mol. The molecule has 8 nitrogen and oxygen atoms in total. The third-order valence-corrected chi connectivity index (χ3v) is 12.5. The summed E-state index contributed by atoms with van der Waals surface area (Å²) < 4.78 is 35.2. The van der Waals surface area contributed by atoms with Crippen LogP contribution in [0.3, 0.4) is 0 Å². The molecule has 2 unspecified atom stereocenters. The highest BCUT2D eigenvalue weighted by Gasteiger charge is 2.26. The molecule has 0 aliphatic heterocycles. The van der Waals surface area contributed by atoms with Crippen LogP contribution in [0.25, 0.3) is 0 Å². The van der Waals surface area contributed by atoms with Gasteiger partial charge in [0.1, 0.15) is 19.3 Å². The van der Waals surface area contributed by atoms with E-state index in [2.05, 4.69) is 74.6 Å². The lowest BCUT2D eigenvalue weighted by molar-refractivity contribution is -0.870. The summed E-state index contributed by atoms with van der Waals surface area (Å²) in [5, 5.41) is 0. The third-order valence-electron chi connectivity index (χ3n) is 11.6. The number of rotatable bonds is 50. The molecule has 0 aromatic carbocycles. The number of phosphoric acid groups is 1. The van der Waals surface area contributed by atoms with Crippen LogP contribution in [0.2, 0.25) is 0 Å². The normalized spacial score (nSPS) is 14.0. The van der Waals surface area contributed by atoms with Crippen LogP contribution in [-0.4, -0.2) is 75.6 Å². The van der Waals surface area contributed by atoms with Crippen molar-refractivity contribution in [2.75, 3.05) is 54.1 Å². The number of carbonyl (C=O) groups excluding carboxylic acids is 1. The maximum Gasteiger partial charge on any atom is 0.472 e.